The molecule has 0 radical (unpaired) electrons. The Kier molecular flexibility index (Phi) is 5.87. The van der Waals surface area contributed by atoms with Crippen LogP contribution in [0.1, 0.15) is 12.0 Å². The molecule has 7 nitrogen and oxygen atoms in total. The molecule has 1 aromatic heterocycles. The van der Waals surface area contributed by atoms with Crippen molar-refractivity contribution >= 4 is 11.8 Å². The topological polar surface area (TPSA) is 69.7 Å². The van der Waals surface area contributed by atoms with Gasteiger partial charge in [-0.3, -0.25) is 0 Å². The number of amides is 2. The number of anilines is 1. The van der Waals surface area contributed by atoms with E-state index in [4.69, 9.17) is 4.74 Å². The zero-order valence-electron chi connectivity index (χ0n) is 14.3. The second kappa shape index (κ2) is 8.30. The highest BCUT2D eigenvalue weighted by Crippen LogP contribution is 2.13. The van der Waals surface area contributed by atoms with Crippen LogP contribution in [-0.2, 0) is 11.3 Å². The predicted octanol–water partition coefficient (Wildman–Crippen LogP) is 0.669. The molecule has 1 atom stereocenters. The van der Waals surface area contributed by atoms with Gasteiger partial charge in [0.15, 0.2) is 0 Å². The largest absolute Gasteiger partial charge is 0.381 e. The highest BCUT2D eigenvalue weighted by Gasteiger charge is 2.16. The van der Waals surface area contributed by atoms with Gasteiger partial charge in [0.1, 0.15) is 5.82 Å². The average molecular weight is 333 g/mol. The van der Waals surface area contributed by atoms with Gasteiger partial charge in [-0.1, -0.05) is 6.07 Å². The molecule has 2 aliphatic rings. The number of nitrogens with zero attached hydrogens (tertiary/aromatic N) is 3. The molecule has 3 heterocycles. The van der Waals surface area contributed by atoms with Crippen LogP contribution >= 0.6 is 0 Å². The van der Waals surface area contributed by atoms with E-state index in [1.54, 1.807) is 0 Å². The van der Waals surface area contributed by atoms with E-state index in [2.05, 4.69) is 32.5 Å². The SMILES string of the molecule is CN1CCN(c2ccc(CNC(=O)NCC3CCOC3)cn2)CC1. The smallest absolute Gasteiger partial charge is 0.315 e. The van der Waals surface area contributed by atoms with Gasteiger partial charge in [0.05, 0.1) is 6.61 Å². The number of aromatic nitrogens is 1. The van der Waals surface area contributed by atoms with Gasteiger partial charge in [-0.25, -0.2) is 9.78 Å². The van der Waals surface area contributed by atoms with Gasteiger partial charge in [0.25, 0.3) is 0 Å². The molecule has 2 amide bonds. The quantitative estimate of drug-likeness (QED) is 0.829. The van der Waals surface area contributed by atoms with E-state index in [0.717, 1.165) is 57.2 Å². The molecule has 132 valence electrons. The zero-order chi connectivity index (χ0) is 16.8. The summed E-state index contributed by atoms with van der Waals surface area (Å²) in [4.78, 5) is 21.0. The summed E-state index contributed by atoms with van der Waals surface area (Å²) < 4.78 is 5.30. The molecule has 3 rings (SSSR count). The van der Waals surface area contributed by atoms with Crippen molar-refractivity contribution < 1.29 is 9.53 Å². The summed E-state index contributed by atoms with van der Waals surface area (Å²) in [6.07, 6.45) is 2.87. The van der Waals surface area contributed by atoms with Crippen molar-refractivity contribution in [2.75, 3.05) is 57.9 Å². The van der Waals surface area contributed by atoms with E-state index in [9.17, 15) is 4.79 Å². The van der Waals surface area contributed by atoms with Gasteiger partial charge in [0.2, 0.25) is 0 Å². The fourth-order valence-corrected chi connectivity index (χ4v) is 2.97. The lowest BCUT2D eigenvalue weighted by molar-refractivity contribution is 0.185. The Morgan fingerprint density at radius 2 is 2.12 bits per heavy atom. The summed E-state index contributed by atoms with van der Waals surface area (Å²) in [5.74, 6) is 1.46. The number of nitrogens with one attached hydrogen (secondary N) is 2. The Labute approximate surface area is 143 Å². The molecule has 2 fully saturated rings. The van der Waals surface area contributed by atoms with Crippen LogP contribution in [-0.4, -0.2) is 68.9 Å². The Balaban J connectivity index is 1.40. The third-order valence-corrected chi connectivity index (χ3v) is 4.66. The number of carbonyl (C=O) groups is 1. The normalized spacial score (nSPS) is 21.7. The molecule has 0 bridgehead atoms. The molecular weight excluding hydrogens is 306 g/mol. The first kappa shape index (κ1) is 17.0. The molecule has 0 aromatic carbocycles. The number of hydrogen-bond acceptors (Lipinski definition) is 5. The van der Waals surface area contributed by atoms with Crippen LogP contribution in [0.2, 0.25) is 0 Å². The van der Waals surface area contributed by atoms with Crippen LogP contribution < -0.4 is 15.5 Å². The van der Waals surface area contributed by atoms with Gasteiger partial charge < -0.3 is 25.2 Å². The molecular formula is C17H27N5O2. The lowest BCUT2D eigenvalue weighted by Crippen LogP contribution is -2.44. The van der Waals surface area contributed by atoms with Gasteiger partial charge in [-0.2, -0.15) is 0 Å². The maximum Gasteiger partial charge on any atom is 0.315 e. The van der Waals surface area contributed by atoms with E-state index >= 15 is 0 Å². The van der Waals surface area contributed by atoms with E-state index in [1.165, 1.54) is 0 Å². The second-order valence-electron chi connectivity index (χ2n) is 6.61. The number of hydrogen-bond donors (Lipinski definition) is 2. The van der Waals surface area contributed by atoms with Crippen LogP contribution in [0.15, 0.2) is 18.3 Å². The van der Waals surface area contributed by atoms with E-state index in [-0.39, 0.29) is 6.03 Å². The van der Waals surface area contributed by atoms with Crippen LogP contribution in [0.25, 0.3) is 0 Å². The highest BCUT2D eigenvalue weighted by atomic mass is 16.5. The van der Waals surface area contributed by atoms with Crippen LogP contribution in [0.5, 0.6) is 0 Å². The molecule has 7 heteroatoms. The molecule has 0 spiro atoms. The first-order valence-corrected chi connectivity index (χ1v) is 8.68. The van der Waals surface area contributed by atoms with Crippen molar-refractivity contribution in [1.82, 2.24) is 20.5 Å². The number of ether oxygens (including phenoxy) is 1. The Hall–Kier alpha value is -1.86. The Morgan fingerprint density at radius 1 is 1.29 bits per heavy atom. The summed E-state index contributed by atoms with van der Waals surface area (Å²) in [5, 5.41) is 5.78. The summed E-state index contributed by atoms with van der Waals surface area (Å²) >= 11 is 0. The minimum absolute atomic E-state index is 0.134. The summed E-state index contributed by atoms with van der Waals surface area (Å²) in [7, 11) is 2.14. The average Bonchev–Trinajstić information content (AvgIpc) is 3.13. The number of pyridine rings is 1. The fourth-order valence-electron chi connectivity index (χ4n) is 2.97. The van der Waals surface area contributed by atoms with Crippen LogP contribution in [0.4, 0.5) is 10.6 Å². The Bertz CT molecular complexity index is 522. The van der Waals surface area contributed by atoms with Gasteiger partial charge in [-0.05, 0) is 25.1 Å². The first-order chi connectivity index (χ1) is 11.7. The van der Waals surface area contributed by atoms with Crippen molar-refractivity contribution in [3.63, 3.8) is 0 Å². The molecule has 2 aliphatic heterocycles. The Morgan fingerprint density at radius 3 is 2.79 bits per heavy atom. The van der Waals surface area contributed by atoms with Crippen molar-refractivity contribution in [2.24, 2.45) is 5.92 Å². The van der Waals surface area contributed by atoms with Crippen molar-refractivity contribution in [3.05, 3.63) is 23.9 Å². The standard InChI is InChI=1S/C17H27N5O2/c1-21-5-7-22(8-6-21)16-3-2-14(10-18-16)11-19-17(23)20-12-15-4-9-24-13-15/h2-3,10,15H,4-9,11-13H2,1H3,(H2,19,20,23). The van der Waals surface area contributed by atoms with Gasteiger partial charge in [0, 0.05) is 58.0 Å². The number of urea groups is 1. The molecule has 0 aliphatic carbocycles. The molecule has 2 N–H and O–H groups in total. The van der Waals surface area contributed by atoms with Crippen molar-refractivity contribution in [1.29, 1.82) is 0 Å². The van der Waals surface area contributed by atoms with Crippen molar-refractivity contribution in [2.45, 2.75) is 13.0 Å². The van der Waals surface area contributed by atoms with E-state index < -0.39 is 0 Å². The van der Waals surface area contributed by atoms with Crippen LogP contribution in [0, 0.1) is 5.92 Å². The number of rotatable bonds is 5. The maximum absolute atomic E-state index is 11.8. The van der Waals surface area contributed by atoms with Gasteiger partial charge in [-0.15, -0.1) is 0 Å². The molecule has 24 heavy (non-hydrogen) atoms. The van der Waals surface area contributed by atoms with Crippen molar-refractivity contribution in [3.8, 4) is 0 Å². The summed E-state index contributed by atoms with van der Waals surface area (Å²) in [6, 6.07) is 3.94. The third-order valence-electron chi connectivity index (χ3n) is 4.66. The summed E-state index contributed by atoms with van der Waals surface area (Å²) in [6.45, 7) is 6.86. The maximum atomic E-state index is 11.8. The monoisotopic (exact) mass is 333 g/mol. The van der Waals surface area contributed by atoms with Gasteiger partial charge >= 0.3 is 6.03 Å². The number of piperazine rings is 1. The molecule has 0 saturated carbocycles. The lowest BCUT2D eigenvalue weighted by atomic mass is 10.1. The fraction of sp³-hybridized carbons (Fsp3) is 0.647. The minimum atomic E-state index is -0.134. The summed E-state index contributed by atoms with van der Waals surface area (Å²) in [5.41, 5.74) is 1.01. The number of likely N-dealkylation sites (N-methyl/N-ethyl adjacent to an activating group) is 1. The van der Waals surface area contributed by atoms with E-state index in [1.807, 2.05) is 18.3 Å². The minimum Gasteiger partial charge on any atom is -0.381 e. The molecule has 1 unspecified atom stereocenters. The zero-order valence-corrected chi connectivity index (χ0v) is 14.3. The third kappa shape index (κ3) is 4.82. The molecule has 1 aromatic rings. The highest BCUT2D eigenvalue weighted by molar-refractivity contribution is 5.73. The van der Waals surface area contributed by atoms with Crippen LogP contribution in [0.3, 0.4) is 0 Å². The number of carbonyl (C=O) groups excluding carboxylic acids is 1. The first-order valence-electron chi connectivity index (χ1n) is 8.68. The molecule has 2 saturated heterocycles. The predicted molar refractivity (Wildman–Crippen MR) is 93.1 cm³/mol. The lowest BCUT2D eigenvalue weighted by Gasteiger charge is -2.33. The second-order valence-corrected chi connectivity index (χ2v) is 6.61. The van der Waals surface area contributed by atoms with E-state index in [0.29, 0.717) is 19.0 Å².